The van der Waals surface area contributed by atoms with Crippen molar-refractivity contribution in [3.05, 3.63) is 23.9 Å². The van der Waals surface area contributed by atoms with Crippen LogP contribution in [0.25, 0.3) is 0 Å². The van der Waals surface area contributed by atoms with Crippen molar-refractivity contribution in [2.45, 2.75) is 46.2 Å². The van der Waals surface area contributed by atoms with Gasteiger partial charge in [-0.25, -0.2) is 4.98 Å². The smallest absolute Gasteiger partial charge is 0.128 e. The van der Waals surface area contributed by atoms with Crippen LogP contribution in [0.5, 0.6) is 0 Å². The van der Waals surface area contributed by atoms with E-state index in [0.717, 1.165) is 18.9 Å². The molecule has 0 amide bonds. The maximum atomic E-state index is 4.45. The van der Waals surface area contributed by atoms with Gasteiger partial charge in [0.05, 0.1) is 0 Å². The molecule has 0 spiro atoms. The molecule has 96 valence electrons. The Kier molecular flexibility index (Phi) is 5.98. The van der Waals surface area contributed by atoms with E-state index in [1.165, 1.54) is 18.4 Å². The molecule has 0 radical (unpaired) electrons. The molecule has 1 heterocycles. The van der Waals surface area contributed by atoms with E-state index in [1.807, 2.05) is 6.20 Å². The van der Waals surface area contributed by atoms with Crippen LogP contribution in [0.1, 0.15) is 39.2 Å². The molecule has 0 aromatic carbocycles. The van der Waals surface area contributed by atoms with Gasteiger partial charge in [-0.05, 0) is 37.6 Å². The van der Waals surface area contributed by atoms with Crippen LogP contribution in [0.2, 0.25) is 0 Å². The number of hydrogen-bond acceptors (Lipinski definition) is 3. The fraction of sp³-hybridized carbons (Fsp3) is 0.643. The first-order valence-electron chi connectivity index (χ1n) is 6.57. The van der Waals surface area contributed by atoms with Gasteiger partial charge in [-0.3, -0.25) is 0 Å². The van der Waals surface area contributed by atoms with Gasteiger partial charge >= 0.3 is 0 Å². The molecule has 3 nitrogen and oxygen atoms in total. The molecule has 3 heteroatoms. The molecule has 1 unspecified atom stereocenters. The van der Waals surface area contributed by atoms with Gasteiger partial charge in [-0.1, -0.05) is 20.3 Å². The lowest BCUT2D eigenvalue weighted by atomic mass is 10.1. The van der Waals surface area contributed by atoms with Crippen LogP contribution in [0.15, 0.2) is 18.3 Å². The highest BCUT2D eigenvalue weighted by Crippen LogP contribution is 2.16. The first-order chi connectivity index (χ1) is 8.19. The molecule has 1 aromatic rings. The second kappa shape index (κ2) is 7.28. The molecule has 0 saturated heterocycles. The molecule has 0 saturated carbocycles. The molecule has 1 rings (SSSR count). The van der Waals surface area contributed by atoms with Crippen LogP contribution >= 0.6 is 0 Å². The molecule has 0 fully saturated rings. The highest BCUT2D eigenvalue weighted by atomic mass is 15.2. The van der Waals surface area contributed by atoms with E-state index >= 15 is 0 Å². The van der Waals surface area contributed by atoms with Crippen molar-refractivity contribution in [2.24, 2.45) is 0 Å². The molecule has 1 aromatic heterocycles. The van der Waals surface area contributed by atoms with Crippen LogP contribution in [-0.2, 0) is 6.54 Å². The number of aromatic nitrogens is 1. The molecule has 0 bridgehead atoms. The Labute approximate surface area is 105 Å². The quantitative estimate of drug-likeness (QED) is 0.787. The van der Waals surface area contributed by atoms with E-state index in [9.17, 15) is 0 Å². The van der Waals surface area contributed by atoms with Gasteiger partial charge in [-0.2, -0.15) is 0 Å². The second-order valence-electron chi connectivity index (χ2n) is 4.55. The van der Waals surface area contributed by atoms with E-state index in [1.54, 1.807) is 0 Å². The molecule has 17 heavy (non-hydrogen) atoms. The topological polar surface area (TPSA) is 28.2 Å². The Balaban J connectivity index is 2.69. The third-order valence-corrected chi connectivity index (χ3v) is 3.12. The summed E-state index contributed by atoms with van der Waals surface area (Å²) in [5.41, 5.74) is 1.30. The Morgan fingerprint density at radius 2 is 2.18 bits per heavy atom. The molecular formula is C14H25N3. The van der Waals surface area contributed by atoms with E-state index in [-0.39, 0.29) is 0 Å². The lowest BCUT2D eigenvalue weighted by molar-refractivity contribution is 0.610. The standard InChI is InChI=1S/C14H25N3/c1-5-7-12(3)17(4)14-10-13(8-9-16-14)11-15-6-2/h8-10,12,15H,5-7,11H2,1-4H3. The summed E-state index contributed by atoms with van der Waals surface area (Å²) in [5.74, 6) is 1.07. The summed E-state index contributed by atoms with van der Waals surface area (Å²) in [6.07, 6.45) is 4.31. The Bertz CT molecular complexity index is 325. The van der Waals surface area contributed by atoms with Crippen molar-refractivity contribution >= 4 is 5.82 Å². The summed E-state index contributed by atoms with van der Waals surface area (Å²) >= 11 is 0. The summed E-state index contributed by atoms with van der Waals surface area (Å²) in [5, 5.41) is 3.34. The average Bonchev–Trinajstić information content (AvgIpc) is 2.36. The summed E-state index contributed by atoms with van der Waals surface area (Å²) in [6.45, 7) is 8.51. The minimum atomic E-state index is 0.543. The maximum Gasteiger partial charge on any atom is 0.128 e. The number of nitrogens with one attached hydrogen (secondary N) is 1. The van der Waals surface area contributed by atoms with Crippen molar-refractivity contribution in [1.82, 2.24) is 10.3 Å². The third kappa shape index (κ3) is 4.35. The predicted molar refractivity (Wildman–Crippen MR) is 74.4 cm³/mol. The van der Waals surface area contributed by atoms with E-state index in [4.69, 9.17) is 0 Å². The summed E-state index contributed by atoms with van der Waals surface area (Å²) in [6, 6.07) is 4.79. The first-order valence-corrected chi connectivity index (χ1v) is 6.57. The second-order valence-corrected chi connectivity index (χ2v) is 4.55. The van der Waals surface area contributed by atoms with Crippen molar-refractivity contribution in [3.8, 4) is 0 Å². The SMILES string of the molecule is CCCC(C)N(C)c1cc(CNCC)ccn1. The third-order valence-electron chi connectivity index (χ3n) is 3.12. The average molecular weight is 235 g/mol. The lowest BCUT2D eigenvalue weighted by Gasteiger charge is -2.26. The van der Waals surface area contributed by atoms with Crippen LogP contribution in [-0.4, -0.2) is 24.6 Å². The number of pyridine rings is 1. The Morgan fingerprint density at radius 1 is 1.41 bits per heavy atom. The highest BCUT2D eigenvalue weighted by molar-refractivity contribution is 5.41. The largest absolute Gasteiger partial charge is 0.357 e. The van der Waals surface area contributed by atoms with Crippen molar-refractivity contribution in [3.63, 3.8) is 0 Å². The van der Waals surface area contributed by atoms with Gasteiger partial charge < -0.3 is 10.2 Å². The molecule has 0 aliphatic carbocycles. The first kappa shape index (κ1) is 14.0. The number of rotatable bonds is 7. The molecule has 0 aliphatic heterocycles. The van der Waals surface area contributed by atoms with Crippen LogP contribution < -0.4 is 10.2 Å². The Hall–Kier alpha value is -1.09. The fourth-order valence-corrected chi connectivity index (χ4v) is 1.87. The monoisotopic (exact) mass is 235 g/mol. The fourth-order valence-electron chi connectivity index (χ4n) is 1.87. The van der Waals surface area contributed by atoms with Gasteiger partial charge in [0.2, 0.25) is 0 Å². The van der Waals surface area contributed by atoms with Gasteiger partial charge in [0, 0.05) is 25.8 Å². The number of hydrogen-bond donors (Lipinski definition) is 1. The molecular weight excluding hydrogens is 210 g/mol. The zero-order valence-corrected chi connectivity index (χ0v) is 11.5. The minimum absolute atomic E-state index is 0.543. The zero-order valence-electron chi connectivity index (χ0n) is 11.5. The van der Waals surface area contributed by atoms with Gasteiger partial charge in [0.1, 0.15) is 5.82 Å². The number of nitrogens with zero attached hydrogens (tertiary/aromatic N) is 2. The van der Waals surface area contributed by atoms with Crippen molar-refractivity contribution in [1.29, 1.82) is 0 Å². The predicted octanol–water partition coefficient (Wildman–Crippen LogP) is 2.82. The summed E-state index contributed by atoms with van der Waals surface area (Å²) in [4.78, 5) is 6.71. The van der Waals surface area contributed by atoms with Crippen molar-refractivity contribution in [2.75, 3.05) is 18.5 Å². The van der Waals surface area contributed by atoms with Gasteiger partial charge in [0.25, 0.3) is 0 Å². The van der Waals surface area contributed by atoms with E-state index in [0.29, 0.717) is 6.04 Å². The van der Waals surface area contributed by atoms with Gasteiger partial charge in [-0.15, -0.1) is 0 Å². The maximum absolute atomic E-state index is 4.45. The van der Waals surface area contributed by atoms with Crippen LogP contribution in [0.3, 0.4) is 0 Å². The van der Waals surface area contributed by atoms with Crippen LogP contribution in [0, 0.1) is 0 Å². The van der Waals surface area contributed by atoms with E-state index < -0.39 is 0 Å². The Morgan fingerprint density at radius 3 is 2.82 bits per heavy atom. The zero-order chi connectivity index (χ0) is 12.7. The highest BCUT2D eigenvalue weighted by Gasteiger charge is 2.10. The van der Waals surface area contributed by atoms with Gasteiger partial charge in [0.15, 0.2) is 0 Å². The minimum Gasteiger partial charge on any atom is -0.357 e. The van der Waals surface area contributed by atoms with E-state index in [2.05, 4.69) is 55.2 Å². The van der Waals surface area contributed by atoms with Crippen molar-refractivity contribution < 1.29 is 0 Å². The summed E-state index contributed by atoms with van der Waals surface area (Å²) in [7, 11) is 2.12. The molecule has 1 atom stereocenters. The number of anilines is 1. The lowest BCUT2D eigenvalue weighted by Crippen LogP contribution is -2.29. The molecule has 0 aliphatic rings. The normalized spacial score (nSPS) is 12.5. The molecule has 1 N–H and O–H groups in total. The van der Waals surface area contributed by atoms with Crippen LogP contribution in [0.4, 0.5) is 5.82 Å². The summed E-state index contributed by atoms with van der Waals surface area (Å²) < 4.78 is 0.